The van der Waals surface area contributed by atoms with Crippen LogP contribution in [-0.4, -0.2) is 65.9 Å². The zero-order valence-electron chi connectivity index (χ0n) is 22.7. The Kier molecular flexibility index (Phi) is 11.2. The molecule has 1 aliphatic rings. The van der Waals surface area contributed by atoms with Gasteiger partial charge in [0, 0.05) is 39.0 Å². The maximum Gasteiger partial charge on any atom is 0.326 e. The van der Waals surface area contributed by atoms with Gasteiger partial charge in [-0.1, -0.05) is 26.2 Å². The quantitative estimate of drug-likeness (QED) is 0.340. The number of hydrogen-bond acceptors (Lipinski definition) is 7. The number of fused-ring (bicyclic) bond motifs is 1. The van der Waals surface area contributed by atoms with Crippen molar-refractivity contribution in [3.8, 4) is 5.75 Å². The van der Waals surface area contributed by atoms with Gasteiger partial charge in [-0.15, -0.1) is 0 Å². The van der Waals surface area contributed by atoms with Crippen LogP contribution in [0.4, 0.5) is 5.69 Å². The van der Waals surface area contributed by atoms with Crippen LogP contribution in [0, 0.1) is 0 Å². The number of carbonyl (C=O) groups excluding carboxylic acids is 3. The number of rotatable bonds is 12. The highest BCUT2D eigenvalue weighted by molar-refractivity contribution is 5.99. The van der Waals surface area contributed by atoms with Gasteiger partial charge in [-0.3, -0.25) is 19.7 Å². The van der Waals surface area contributed by atoms with Crippen molar-refractivity contribution in [2.75, 3.05) is 26.7 Å². The molecule has 1 aromatic carbocycles. The van der Waals surface area contributed by atoms with Gasteiger partial charge >= 0.3 is 5.97 Å². The third-order valence-electron chi connectivity index (χ3n) is 5.54. The van der Waals surface area contributed by atoms with Gasteiger partial charge in [0.1, 0.15) is 17.9 Å². The molecule has 0 radical (unpaired) electrons. The molecule has 9 nitrogen and oxygen atoms in total. The number of unbranched alkanes of at least 4 members (excludes halogenated alkanes) is 3. The first-order valence-corrected chi connectivity index (χ1v) is 12.8. The number of nitrogens with zero attached hydrogens (tertiary/aromatic N) is 3. The third-order valence-corrected chi connectivity index (χ3v) is 5.54. The normalized spacial score (nSPS) is 12.9. The number of carbonyl (C=O) groups is 3. The van der Waals surface area contributed by atoms with Crippen LogP contribution in [0.5, 0.6) is 5.75 Å². The van der Waals surface area contributed by atoms with Gasteiger partial charge in [-0.2, -0.15) is 0 Å². The fraction of sp³-hybridized carbons (Fsp3) is 0.630. The molecule has 0 saturated heterocycles. The lowest BCUT2D eigenvalue weighted by Crippen LogP contribution is -2.47. The van der Waals surface area contributed by atoms with Gasteiger partial charge in [0.25, 0.3) is 0 Å². The largest absolute Gasteiger partial charge is 0.494 e. The molecule has 0 saturated carbocycles. The molecule has 0 unspecified atom stereocenters. The zero-order chi connectivity index (χ0) is 26.7. The highest BCUT2D eigenvalue weighted by Gasteiger charge is 2.26. The van der Waals surface area contributed by atoms with E-state index in [2.05, 4.69) is 17.2 Å². The zero-order valence-corrected chi connectivity index (χ0v) is 22.7. The van der Waals surface area contributed by atoms with Crippen molar-refractivity contribution < 1.29 is 23.9 Å². The van der Waals surface area contributed by atoms with Gasteiger partial charge in [-0.25, -0.2) is 4.99 Å². The van der Waals surface area contributed by atoms with E-state index < -0.39 is 11.6 Å². The van der Waals surface area contributed by atoms with Crippen LogP contribution in [-0.2, 0) is 25.7 Å². The van der Waals surface area contributed by atoms with E-state index in [-0.39, 0.29) is 18.4 Å². The second kappa shape index (κ2) is 13.8. The number of ether oxygens (including phenoxy) is 2. The smallest absolute Gasteiger partial charge is 0.326 e. The standard InChI is InChI=1S/C27H42N4O5/c1-7-8-9-10-15-30(6)24(33)12-11-16-35-22-13-14-23-21(17-22)18-31(26(29-23)28-20(2)32)19-25(34)36-27(3,4)5/h13-14,17H,7-12,15-16,18-19H2,1-6H3,(H,28,29,32). The first kappa shape index (κ1) is 29.1. The van der Waals surface area contributed by atoms with Crippen LogP contribution >= 0.6 is 0 Å². The van der Waals surface area contributed by atoms with E-state index in [1.54, 1.807) is 9.80 Å². The first-order valence-electron chi connectivity index (χ1n) is 12.8. The Hall–Kier alpha value is -3.10. The summed E-state index contributed by atoms with van der Waals surface area (Å²) in [6, 6.07) is 5.53. The van der Waals surface area contributed by atoms with E-state index in [0.29, 0.717) is 43.4 Å². The van der Waals surface area contributed by atoms with Gasteiger partial charge < -0.3 is 19.3 Å². The molecule has 1 aliphatic heterocycles. The molecule has 0 atom stereocenters. The molecule has 2 amide bonds. The summed E-state index contributed by atoms with van der Waals surface area (Å²) in [5.41, 5.74) is 0.960. The molecular weight excluding hydrogens is 460 g/mol. The maximum atomic E-state index is 12.4. The number of guanidine groups is 1. The molecule has 0 fully saturated rings. The highest BCUT2D eigenvalue weighted by Crippen LogP contribution is 2.30. The number of aliphatic imine (C=N–C) groups is 1. The number of amides is 2. The van der Waals surface area contributed by atoms with E-state index >= 15 is 0 Å². The van der Waals surface area contributed by atoms with E-state index in [9.17, 15) is 14.4 Å². The van der Waals surface area contributed by atoms with Crippen LogP contribution in [0.3, 0.4) is 0 Å². The lowest BCUT2D eigenvalue weighted by molar-refractivity contribution is -0.155. The Morgan fingerprint density at radius 1 is 1.14 bits per heavy atom. The molecule has 2 rings (SSSR count). The van der Waals surface area contributed by atoms with E-state index in [4.69, 9.17) is 9.47 Å². The molecule has 1 aromatic rings. The minimum absolute atomic E-state index is 0.0466. The van der Waals surface area contributed by atoms with E-state index in [1.165, 1.54) is 19.8 Å². The number of benzene rings is 1. The van der Waals surface area contributed by atoms with Gasteiger partial charge in [0.15, 0.2) is 0 Å². The Morgan fingerprint density at radius 2 is 1.89 bits per heavy atom. The summed E-state index contributed by atoms with van der Waals surface area (Å²) < 4.78 is 11.3. The van der Waals surface area contributed by atoms with Crippen LogP contribution in [0.25, 0.3) is 0 Å². The Balaban J connectivity index is 1.93. The van der Waals surface area contributed by atoms with Crippen molar-refractivity contribution in [1.29, 1.82) is 0 Å². The predicted molar refractivity (Wildman–Crippen MR) is 140 cm³/mol. The average molecular weight is 503 g/mol. The summed E-state index contributed by atoms with van der Waals surface area (Å²) in [7, 11) is 1.86. The van der Waals surface area contributed by atoms with Crippen LogP contribution in [0.1, 0.15) is 78.7 Å². The molecule has 0 bridgehead atoms. The monoisotopic (exact) mass is 502 g/mol. The predicted octanol–water partition coefficient (Wildman–Crippen LogP) is 4.17. The first-order chi connectivity index (χ1) is 17.0. The van der Waals surface area contributed by atoms with Crippen molar-refractivity contribution >= 4 is 29.4 Å². The minimum Gasteiger partial charge on any atom is -0.494 e. The molecule has 0 spiro atoms. The lowest BCUT2D eigenvalue weighted by Gasteiger charge is -2.30. The second-order valence-corrected chi connectivity index (χ2v) is 10.2. The molecule has 1 N–H and O–H groups in total. The summed E-state index contributed by atoms with van der Waals surface area (Å²) >= 11 is 0. The van der Waals surface area contributed by atoms with Crippen molar-refractivity contribution in [3.05, 3.63) is 23.8 Å². The summed E-state index contributed by atoms with van der Waals surface area (Å²) in [4.78, 5) is 44.4. The fourth-order valence-electron chi connectivity index (χ4n) is 3.78. The molecule has 36 heavy (non-hydrogen) atoms. The second-order valence-electron chi connectivity index (χ2n) is 10.2. The van der Waals surface area contributed by atoms with Crippen LogP contribution in [0.15, 0.2) is 23.2 Å². The third kappa shape index (κ3) is 10.3. The van der Waals surface area contributed by atoms with Crippen molar-refractivity contribution in [2.24, 2.45) is 4.99 Å². The van der Waals surface area contributed by atoms with Gasteiger partial charge in [0.05, 0.1) is 12.3 Å². The molecule has 200 valence electrons. The minimum atomic E-state index is -0.609. The average Bonchev–Trinajstić information content (AvgIpc) is 2.78. The van der Waals surface area contributed by atoms with Crippen molar-refractivity contribution in [3.63, 3.8) is 0 Å². The topological polar surface area (TPSA) is 101 Å². The summed E-state index contributed by atoms with van der Waals surface area (Å²) in [6.45, 7) is 10.5. The van der Waals surface area contributed by atoms with Crippen molar-refractivity contribution in [2.45, 2.75) is 85.3 Å². The van der Waals surface area contributed by atoms with Crippen LogP contribution in [0.2, 0.25) is 0 Å². The van der Waals surface area contributed by atoms with Gasteiger partial charge in [-0.05, 0) is 51.8 Å². The van der Waals surface area contributed by atoms with E-state index in [1.807, 2.05) is 46.0 Å². The van der Waals surface area contributed by atoms with Crippen molar-refractivity contribution in [1.82, 2.24) is 15.1 Å². The molecule has 1 heterocycles. The van der Waals surface area contributed by atoms with E-state index in [0.717, 1.165) is 24.9 Å². The Bertz CT molecular complexity index is 939. The highest BCUT2D eigenvalue weighted by atomic mass is 16.6. The SMILES string of the molecule is CCCCCCN(C)C(=O)CCCOc1ccc2c(c1)CN(CC(=O)OC(C)(C)C)C(NC(C)=O)=N2. The molecule has 0 aromatic heterocycles. The lowest BCUT2D eigenvalue weighted by atomic mass is 10.1. The summed E-state index contributed by atoms with van der Waals surface area (Å²) in [6.07, 6.45) is 5.66. The number of nitrogens with one attached hydrogen (secondary N) is 1. The maximum absolute atomic E-state index is 12.4. The summed E-state index contributed by atoms with van der Waals surface area (Å²) in [5, 5.41) is 2.70. The van der Waals surface area contributed by atoms with Gasteiger partial charge in [0.2, 0.25) is 17.8 Å². The number of hydrogen-bond donors (Lipinski definition) is 1. The summed E-state index contributed by atoms with van der Waals surface area (Å²) in [5.74, 6) is 0.443. The molecule has 9 heteroatoms. The molecule has 0 aliphatic carbocycles. The Morgan fingerprint density at radius 3 is 2.56 bits per heavy atom. The fourth-order valence-corrected chi connectivity index (χ4v) is 3.78. The Labute approximate surface area is 215 Å². The molecular formula is C27H42N4O5. The van der Waals surface area contributed by atoms with Crippen LogP contribution < -0.4 is 10.1 Å². The number of esters is 1.